The van der Waals surface area contributed by atoms with Gasteiger partial charge in [-0.3, -0.25) is 71.9 Å². The van der Waals surface area contributed by atoms with E-state index < -0.39 is 147 Å². The smallest absolute Gasteiger partial charge is 0.303 e. The second-order valence-corrected chi connectivity index (χ2v) is 32.7. The third-order valence-electron chi connectivity index (χ3n) is 14.7. The van der Waals surface area contributed by atoms with Crippen LogP contribution in [0.3, 0.4) is 0 Å². The van der Waals surface area contributed by atoms with Crippen molar-refractivity contribution in [2.75, 3.05) is 105 Å². The first-order valence-corrected chi connectivity index (χ1v) is 40.1. The molecule has 2 aliphatic carbocycles. The first kappa shape index (κ1) is 90.4. The number of anilines is 1. The lowest BCUT2D eigenvalue weighted by Crippen LogP contribution is -2.50. The van der Waals surface area contributed by atoms with Gasteiger partial charge in [-0.15, -0.1) is 19.7 Å². The second-order valence-electron chi connectivity index (χ2n) is 22.3. The summed E-state index contributed by atoms with van der Waals surface area (Å²) in [6.45, 7) is 13.6. The van der Waals surface area contributed by atoms with Gasteiger partial charge >= 0.3 is 35.8 Å². The monoisotopic (exact) mass is 2430 g/mol. The van der Waals surface area contributed by atoms with Crippen molar-refractivity contribution in [2.24, 2.45) is 11.8 Å². The minimum atomic E-state index is -1.73. The van der Waals surface area contributed by atoms with Crippen LogP contribution in [0.15, 0.2) is 74.8 Å². The molecular weight excluding hydrogens is 2360 g/mol. The number of hydrogen-bond donors (Lipinski definition) is 3. The predicted octanol–water partition coefficient (Wildman–Crippen LogP) is 6.35. The third kappa shape index (κ3) is 23.8. The molecule has 1 heterocycles. The quantitative estimate of drug-likeness (QED) is 0.0284. The summed E-state index contributed by atoms with van der Waals surface area (Å²) in [6.07, 6.45) is -0.742. The Morgan fingerprint density at radius 1 is 0.471 bits per heavy atom. The molecule has 30 nitrogen and oxygen atoms in total. The van der Waals surface area contributed by atoms with Gasteiger partial charge in [0.15, 0.2) is 0 Å². The maximum atomic E-state index is 16.1. The number of rotatable bonds is 27. The van der Waals surface area contributed by atoms with Crippen LogP contribution in [-0.2, 0) is 90.8 Å². The number of esters is 6. The van der Waals surface area contributed by atoms with Crippen LogP contribution < -0.4 is 16.0 Å². The largest absolute Gasteiger partial charge is 0.461 e. The zero-order valence-electron chi connectivity index (χ0n) is 56.0. The zero-order valence-corrected chi connectivity index (χ0v) is 75.5. The molecule has 9 amide bonds. The molecule has 7 unspecified atom stereocenters. The molecule has 0 radical (unpaired) electrons. The molecule has 556 valence electrons. The summed E-state index contributed by atoms with van der Waals surface area (Å²) in [4.78, 5) is 216. The van der Waals surface area contributed by atoms with E-state index >= 15 is 14.4 Å². The van der Waals surface area contributed by atoms with Crippen LogP contribution >= 0.6 is 203 Å². The number of benzene rings is 1. The van der Waals surface area contributed by atoms with Gasteiger partial charge in [0.2, 0.25) is 30.1 Å². The maximum absolute atomic E-state index is 16.1. The molecule has 3 aliphatic rings. The Morgan fingerprint density at radius 2 is 0.863 bits per heavy atom. The molecule has 1 aromatic rings. The van der Waals surface area contributed by atoms with E-state index in [1.54, 1.807) is 0 Å². The van der Waals surface area contributed by atoms with E-state index in [9.17, 15) is 57.5 Å². The normalized spacial score (nSPS) is 17.9. The van der Waals surface area contributed by atoms with Gasteiger partial charge in [0.05, 0.1) is 54.9 Å². The number of carbonyl (C=O) groups is 15. The number of nitrogens with zero attached hydrogens (tertiary/aromatic N) is 6. The summed E-state index contributed by atoms with van der Waals surface area (Å²) in [5.74, 6) is -14.7. The van der Waals surface area contributed by atoms with Crippen LogP contribution in [0.1, 0.15) is 62.3 Å². The van der Waals surface area contributed by atoms with Gasteiger partial charge in [-0.1, -0.05) is 63.4 Å². The Labute approximate surface area is 710 Å². The lowest BCUT2D eigenvalue weighted by Gasteiger charge is -2.37. The van der Waals surface area contributed by atoms with E-state index in [2.05, 4.69) is 35.7 Å². The maximum Gasteiger partial charge on any atom is 0.303 e. The number of alkyl halides is 2. The summed E-state index contributed by atoms with van der Waals surface area (Å²) >= 11 is 16.9. The lowest BCUT2D eigenvalue weighted by molar-refractivity contribution is -0.161. The first-order valence-electron chi connectivity index (χ1n) is 30.1. The van der Waals surface area contributed by atoms with Crippen molar-refractivity contribution >= 4 is 298 Å². The summed E-state index contributed by atoms with van der Waals surface area (Å²) < 4.78 is 29.9. The van der Waals surface area contributed by atoms with Crippen molar-refractivity contribution in [3.05, 3.63) is 96.7 Å². The molecular formula is C63H70I9N9O21. The molecule has 1 saturated heterocycles. The van der Waals surface area contributed by atoms with Crippen molar-refractivity contribution in [2.45, 2.75) is 67.7 Å². The highest BCUT2D eigenvalue weighted by Crippen LogP contribution is 2.47. The van der Waals surface area contributed by atoms with Gasteiger partial charge in [-0.05, 0) is 158 Å². The fourth-order valence-electron chi connectivity index (χ4n) is 9.84. The molecule has 1 aliphatic heterocycles. The number of nitrogens with one attached hydrogen (secondary N) is 3. The highest BCUT2D eigenvalue weighted by atomic mass is 127. The van der Waals surface area contributed by atoms with Gasteiger partial charge in [-0.25, -0.2) is 0 Å². The molecule has 0 aromatic heterocycles. The molecule has 0 saturated carbocycles. The Bertz CT molecular complexity index is 3770. The summed E-state index contributed by atoms with van der Waals surface area (Å²) in [7, 11) is 4.47. The molecule has 0 bridgehead atoms. The van der Waals surface area contributed by atoms with Crippen molar-refractivity contribution < 1.29 is 100 Å². The Hall–Kier alpha value is -3.98. The van der Waals surface area contributed by atoms with Crippen molar-refractivity contribution in [1.29, 1.82) is 0 Å². The van der Waals surface area contributed by atoms with Crippen LogP contribution in [0.4, 0.5) is 5.69 Å². The van der Waals surface area contributed by atoms with E-state index in [-0.39, 0.29) is 123 Å². The second kappa shape index (κ2) is 42.0. The highest BCUT2D eigenvalue weighted by Gasteiger charge is 2.48. The molecule has 1 fully saturated rings. The highest BCUT2D eigenvalue weighted by molar-refractivity contribution is 14.1. The van der Waals surface area contributed by atoms with Gasteiger partial charge in [0, 0.05) is 151 Å². The van der Waals surface area contributed by atoms with Crippen LogP contribution in [0.5, 0.6) is 0 Å². The van der Waals surface area contributed by atoms with Crippen LogP contribution in [0.25, 0.3) is 0 Å². The van der Waals surface area contributed by atoms with Crippen LogP contribution in [0.2, 0.25) is 0 Å². The summed E-state index contributed by atoms with van der Waals surface area (Å²) in [6, 6.07) is 0. The van der Waals surface area contributed by atoms with Crippen molar-refractivity contribution in [1.82, 2.24) is 40.0 Å². The standard InChI is InChI=1S/C63H70I9N9O21/c1-13-16-76(10)58(91)37-43(64)40(49(70)52(46(37)67)73-55(88)34(100-31(7)85)25-97-28(4)82)61(94)79-19-21-80(62(95)41-44(65)38(59(92)77(11)17-14-2)47(68)53(50(41)71)74-56(89)35(101-32(8)86)26-98-29(5)83)23-24-81(22-20-79)63(96)42-45(66)39(60(93)78(12)18-15-3)48(69)54(51(42)72)75-57(90)36(102-33(9)87)27-99-30(6)84/h13-15,34-37,41,43,50H,1-3,16-27H2,4-12H3,(H,73,88)(H,74,89)(H,75,90). The summed E-state index contributed by atoms with van der Waals surface area (Å²) in [5.41, 5.74) is -0.428. The minimum absolute atomic E-state index is 0.0134. The number of ether oxygens (including phenoxy) is 6. The minimum Gasteiger partial charge on any atom is -0.461 e. The number of carbonyl (C=O) groups excluding carboxylic acids is 15. The fraction of sp³-hybridized carbons (Fsp3) is 0.444. The van der Waals surface area contributed by atoms with Crippen LogP contribution in [-0.4, -0.2) is 244 Å². The van der Waals surface area contributed by atoms with Crippen molar-refractivity contribution in [3.8, 4) is 0 Å². The Kier molecular flexibility index (Phi) is 37.2. The first-order chi connectivity index (χ1) is 47.7. The number of amides is 9. The van der Waals surface area contributed by atoms with Gasteiger partial charge < -0.3 is 73.8 Å². The molecule has 1 aromatic carbocycles. The number of allylic oxidation sites excluding steroid dienone is 2. The van der Waals surface area contributed by atoms with Gasteiger partial charge in [0.25, 0.3) is 41.4 Å². The van der Waals surface area contributed by atoms with E-state index in [1.165, 1.54) is 68.8 Å². The number of halogens is 9. The molecule has 3 N–H and O–H groups in total. The fourth-order valence-corrected chi connectivity index (χ4v) is 24.3. The molecule has 0 spiro atoms. The van der Waals surface area contributed by atoms with E-state index in [4.69, 9.17) is 28.4 Å². The van der Waals surface area contributed by atoms with Crippen LogP contribution in [0, 0.1) is 22.5 Å². The molecule has 7 atom stereocenters. The Balaban J connectivity index is 2.13. The topological polar surface area (TPSA) is 367 Å². The lowest BCUT2D eigenvalue weighted by atomic mass is 9.90. The van der Waals surface area contributed by atoms with E-state index in [0.29, 0.717) is 0 Å². The molecule has 39 heteroatoms. The average molecular weight is 2430 g/mol. The van der Waals surface area contributed by atoms with E-state index in [1.807, 2.05) is 203 Å². The molecule has 102 heavy (non-hydrogen) atoms. The number of likely N-dealkylation sites (N-methyl/N-ethyl adjacent to an activating group) is 3. The Morgan fingerprint density at radius 3 is 1.29 bits per heavy atom. The predicted molar refractivity (Wildman–Crippen MR) is 445 cm³/mol. The number of hydrogen-bond acceptors (Lipinski definition) is 21. The third-order valence-corrected chi connectivity index (χ3v) is 25.3. The average Bonchev–Trinajstić information content (AvgIpc) is 0.828. The SMILES string of the molecule is C=CCN(C)C(=O)C1=C(I)C(C(=O)N2CCN(C(=O)C3=C(I)C(NC(=O)C(COC(C)=O)OC(C)=O)=C(I)C(C(=O)N(C)CC=C)C3I)CCN(C(=O)c3c(I)c(NC(=O)C(COC(C)=O)OC(C)=O)c(I)c(C(=O)N(C)CC=C)c3I)CC2)C(I)C(NC(=O)C(COC(C)=O)OC(C)=O)=C1I. The summed E-state index contributed by atoms with van der Waals surface area (Å²) in [5, 5.41) is 8.15. The molecule has 4 rings (SSSR count). The zero-order chi connectivity index (χ0) is 77.2. The van der Waals surface area contributed by atoms with Gasteiger partial charge in [0.1, 0.15) is 19.8 Å². The van der Waals surface area contributed by atoms with Crippen molar-refractivity contribution in [3.63, 3.8) is 0 Å². The van der Waals surface area contributed by atoms with E-state index in [0.717, 1.165) is 41.5 Å². The van der Waals surface area contributed by atoms with Gasteiger partial charge in [-0.2, -0.15) is 0 Å².